The van der Waals surface area contributed by atoms with Gasteiger partial charge in [0.2, 0.25) is 0 Å². The zero-order valence-corrected chi connectivity index (χ0v) is 12.3. The zero-order valence-electron chi connectivity index (χ0n) is 11.5. The first-order chi connectivity index (χ1) is 9.11. The van der Waals surface area contributed by atoms with Gasteiger partial charge >= 0.3 is 0 Å². The van der Waals surface area contributed by atoms with Crippen LogP contribution in [0.4, 0.5) is 0 Å². The molecule has 0 bridgehead atoms. The first kappa shape index (κ1) is 13.9. The van der Waals surface area contributed by atoms with E-state index in [9.17, 15) is 4.79 Å². The van der Waals surface area contributed by atoms with Crippen LogP contribution in [0.3, 0.4) is 0 Å². The fourth-order valence-corrected chi connectivity index (χ4v) is 2.51. The maximum atomic E-state index is 12.3. The number of carbonyl (C=O) groups is 1. The van der Waals surface area contributed by atoms with Crippen LogP contribution in [0.1, 0.15) is 35.9 Å². The third-order valence-electron chi connectivity index (χ3n) is 2.94. The molecule has 19 heavy (non-hydrogen) atoms. The lowest BCUT2D eigenvalue weighted by Crippen LogP contribution is -2.07. The van der Waals surface area contributed by atoms with Crippen LogP contribution in [0, 0.1) is 0 Å². The quantitative estimate of drug-likeness (QED) is 0.617. The van der Waals surface area contributed by atoms with Gasteiger partial charge in [-0.05, 0) is 32.2 Å². The highest BCUT2D eigenvalue weighted by molar-refractivity contribution is 7.98. The Morgan fingerprint density at radius 3 is 2.68 bits per heavy atom. The second-order valence-corrected chi connectivity index (χ2v) is 5.53. The van der Waals surface area contributed by atoms with Crippen molar-refractivity contribution in [3.8, 4) is 0 Å². The highest BCUT2D eigenvalue weighted by Gasteiger charge is 2.13. The second-order valence-electron chi connectivity index (χ2n) is 4.68. The minimum atomic E-state index is 0.124. The smallest absolute Gasteiger partial charge is 0.170 e. The fourth-order valence-electron chi connectivity index (χ4n) is 1.89. The van der Waals surface area contributed by atoms with E-state index in [0.29, 0.717) is 12.5 Å². The molecular formula is C15H18N2OS. The van der Waals surface area contributed by atoms with Gasteiger partial charge in [-0.25, -0.2) is 0 Å². The van der Waals surface area contributed by atoms with Gasteiger partial charge in [-0.2, -0.15) is 5.10 Å². The maximum absolute atomic E-state index is 12.3. The Labute approximate surface area is 118 Å². The molecular weight excluding hydrogens is 256 g/mol. The third-order valence-corrected chi connectivity index (χ3v) is 3.74. The normalized spacial score (nSPS) is 10.9. The molecule has 0 unspecified atom stereocenters. The summed E-state index contributed by atoms with van der Waals surface area (Å²) in [5, 5.41) is 4.42. The molecule has 2 rings (SSSR count). The summed E-state index contributed by atoms with van der Waals surface area (Å²) in [5.41, 5.74) is 1.61. The molecule has 0 amide bonds. The molecule has 100 valence electrons. The van der Waals surface area contributed by atoms with Gasteiger partial charge in [-0.1, -0.05) is 18.2 Å². The van der Waals surface area contributed by atoms with Crippen molar-refractivity contribution in [1.82, 2.24) is 9.78 Å². The third kappa shape index (κ3) is 3.26. The molecule has 4 heteroatoms. The van der Waals surface area contributed by atoms with E-state index in [-0.39, 0.29) is 5.78 Å². The van der Waals surface area contributed by atoms with Crippen LogP contribution in [0.5, 0.6) is 0 Å². The molecule has 0 saturated heterocycles. The van der Waals surface area contributed by atoms with Crippen molar-refractivity contribution in [2.75, 3.05) is 6.26 Å². The fraction of sp³-hybridized carbons (Fsp3) is 0.333. The van der Waals surface area contributed by atoms with Crippen molar-refractivity contribution in [3.05, 3.63) is 47.8 Å². The zero-order chi connectivity index (χ0) is 13.8. The van der Waals surface area contributed by atoms with E-state index < -0.39 is 0 Å². The van der Waals surface area contributed by atoms with Gasteiger partial charge in [-0.15, -0.1) is 11.8 Å². The predicted octanol–water partition coefficient (Wildman–Crippen LogP) is 3.61. The highest BCUT2D eigenvalue weighted by atomic mass is 32.2. The molecule has 3 nitrogen and oxygen atoms in total. The first-order valence-electron chi connectivity index (χ1n) is 6.32. The van der Waals surface area contributed by atoms with E-state index in [1.165, 1.54) is 0 Å². The lowest BCUT2D eigenvalue weighted by Gasteiger charge is -2.05. The minimum Gasteiger partial charge on any atom is -0.294 e. The molecule has 1 aromatic heterocycles. The van der Waals surface area contributed by atoms with Gasteiger partial charge in [0.25, 0.3) is 0 Å². The Balaban J connectivity index is 2.16. The standard InChI is InChI=1S/C15H18N2OS/c1-11(2)17-9-8-12(16-17)10-14(18)13-6-4-5-7-15(13)19-3/h4-9,11H,10H2,1-3H3. The van der Waals surface area contributed by atoms with E-state index in [2.05, 4.69) is 18.9 Å². The number of nitrogens with zero attached hydrogens (tertiary/aromatic N) is 2. The summed E-state index contributed by atoms with van der Waals surface area (Å²) in [6.07, 6.45) is 4.27. The number of thioether (sulfide) groups is 1. The summed E-state index contributed by atoms with van der Waals surface area (Å²) < 4.78 is 1.88. The molecule has 0 aliphatic rings. The number of carbonyl (C=O) groups excluding carboxylic acids is 1. The maximum Gasteiger partial charge on any atom is 0.170 e. The van der Waals surface area contributed by atoms with Crippen molar-refractivity contribution in [2.24, 2.45) is 0 Å². The molecule has 0 atom stereocenters. The number of Topliss-reactive ketones (excluding diaryl/α,β-unsaturated/α-hetero) is 1. The summed E-state index contributed by atoms with van der Waals surface area (Å²) in [4.78, 5) is 13.3. The van der Waals surface area contributed by atoms with E-state index >= 15 is 0 Å². The van der Waals surface area contributed by atoms with Gasteiger partial charge in [0.15, 0.2) is 5.78 Å². The van der Waals surface area contributed by atoms with Crippen molar-refractivity contribution < 1.29 is 4.79 Å². The Morgan fingerprint density at radius 1 is 1.32 bits per heavy atom. The van der Waals surface area contributed by atoms with Crippen molar-refractivity contribution >= 4 is 17.5 Å². The number of benzene rings is 1. The number of ketones is 1. The SMILES string of the molecule is CSc1ccccc1C(=O)Cc1ccn(C(C)C)n1. The van der Waals surface area contributed by atoms with Gasteiger partial charge in [0.05, 0.1) is 12.1 Å². The summed E-state index contributed by atoms with van der Waals surface area (Å²) in [6.45, 7) is 4.14. The molecule has 0 spiro atoms. The molecule has 1 aromatic carbocycles. The van der Waals surface area contributed by atoms with Crippen molar-refractivity contribution in [2.45, 2.75) is 31.2 Å². The molecule has 2 aromatic rings. The van der Waals surface area contributed by atoms with Crippen LogP contribution in [-0.2, 0) is 6.42 Å². The highest BCUT2D eigenvalue weighted by Crippen LogP contribution is 2.21. The molecule has 0 fully saturated rings. The van der Waals surface area contributed by atoms with Crippen LogP contribution in [0.2, 0.25) is 0 Å². The van der Waals surface area contributed by atoms with Crippen LogP contribution in [0.15, 0.2) is 41.4 Å². The minimum absolute atomic E-state index is 0.124. The predicted molar refractivity (Wildman–Crippen MR) is 78.9 cm³/mol. The summed E-state index contributed by atoms with van der Waals surface area (Å²) in [5.74, 6) is 0.124. The second kappa shape index (κ2) is 6.06. The van der Waals surface area contributed by atoms with Gasteiger partial charge in [0, 0.05) is 22.7 Å². The molecule has 1 heterocycles. The van der Waals surface area contributed by atoms with Crippen molar-refractivity contribution in [3.63, 3.8) is 0 Å². The Hall–Kier alpha value is -1.55. The van der Waals surface area contributed by atoms with E-state index in [0.717, 1.165) is 16.2 Å². The molecule has 0 aliphatic carbocycles. The van der Waals surface area contributed by atoms with Crippen LogP contribution in [-0.4, -0.2) is 21.8 Å². The lowest BCUT2D eigenvalue weighted by atomic mass is 10.1. The summed E-state index contributed by atoms with van der Waals surface area (Å²) in [7, 11) is 0. The first-order valence-corrected chi connectivity index (χ1v) is 7.54. The van der Waals surface area contributed by atoms with E-state index in [1.807, 2.05) is 47.5 Å². The monoisotopic (exact) mass is 274 g/mol. The summed E-state index contributed by atoms with van der Waals surface area (Å²) in [6, 6.07) is 9.95. The average Bonchev–Trinajstić information content (AvgIpc) is 2.87. The molecule has 0 N–H and O–H groups in total. The topological polar surface area (TPSA) is 34.9 Å². The Kier molecular flexibility index (Phi) is 4.43. The Bertz CT molecular complexity index is 575. The molecule has 0 aliphatic heterocycles. The lowest BCUT2D eigenvalue weighted by molar-refractivity contribution is 0.0989. The van der Waals surface area contributed by atoms with E-state index in [1.54, 1.807) is 11.8 Å². The van der Waals surface area contributed by atoms with Gasteiger partial charge in [0.1, 0.15) is 0 Å². The summed E-state index contributed by atoms with van der Waals surface area (Å²) >= 11 is 1.60. The van der Waals surface area contributed by atoms with E-state index in [4.69, 9.17) is 0 Å². The van der Waals surface area contributed by atoms with Crippen LogP contribution >= 0.6 is 11.8 Å². The van der Waals surface area contributed by atoms with Gasteiger partial charge in [-0.3, -0.25) is 9.48 Å². The largest absolute Gasteiger partial charge is 0.294 e. The van der Waals surface area contributed by atoms with Crippen molar-refractivity contribution in [1.29, 1.82) is 0 Å². The molecule has 0 radical (unpaired) electrons. The average molecular weight is 274 g/mol. The van der Waals surface area contributed by atoms with Crippen LogP contribution in [0.25, 0.3) is 0 Å². The Morgan fingerprint density at radius 2 is 2.05 bits per heavy atom. The number of aromatic nitrogens is 2. The molecule has 0 saturated carbocycles. The number of hydrogen-bond acceptors (Lipinski definition) is 3. The number of hydrogen-bond donors (Lipinski definition) is 0. The van der Waals surface area contributed by atoms with Gasteiger partial charge < -0.3 is 0 Å². The number of rotatable bonds is 5. The van der Waals surface area contributed by atoms with Crippen LogP contribution < -0.4 is 0 Å².